The average Bonchev–Trinajstić information content (AvgIpc) is 3.49. The lowest BCUT2D eigenvalue weighted by Gasteiger charge is -2.42. The summed E-state index contributed by atoms with van der Waals surface area (Å²) in [5, 5.41) is 2.84. The molecule has 2 aromatic carbocycles. The van der Waals surface area contributed by atoms with Gasteiger partial charge in [-0.05, 0) is 60.4 Å². The largest absolute Gasteiger partial charge is 0.359 e. The number of rotatable bonds is 5. The molecule has 1 saturated heterocycles. The molecule has 0 spiro atoms. The number of carbonyl (C=O) groups is 2. The van der Waals surface area contributed by atoms with Gasteiger partial charge >= 0.3 is 0 Å². The van der Waals surface area contributed by atoms with E-state index in [0.717, 1.165) is 42.5 Å². The summed E-state index contributed by atoms with van der Waals surface area (Å²) in [5.74, 6) is 0.498. The molecule has 1 saturated carbocycles. The van der Waals surface area contributed by atoms with Crippen LogP contribution in [0.5, 0.6) is 0 Å². The van der Waals surface area contributed by atoms with Gasteiger partial charge in [-0.3, -0.25) is 9.59 Å². The minimum Gasteiger partial charge on any atom is -0.359 e. The summed E-state index contributed by atoms with van der Waals surface area (Å²) in [5.41, 5.74) is 2.12. The number of nitrogens with zero attached hydrogens (tertiary/aromatic N) is 1. The number of nitrogens with one attached hydrogen (secondary N) is 1. The third-order valence-electron chi connectivity index (χ3n) is 6.65. The van der Waals surface area contributed by atoms with E-state index in [0.29, 0.717) is 18.9 Å². The monoisotopic (exact) mass is 408 g/mol. The van der Waals surface area contributed by atoms with E-state index in [1.165, 1.54) is 12.1 Å². The maximum absolute atomic E-state index is 13.7. The second kappa shape index (κ2) is 8.21. The van der Waals surface area contributed by atoms with E-state index in [2.05, 4.69) is 12.2 Å². The smallest absolute Gasteiger partial charge is 0.228 e. The van der Waals surface area contributed by atoms with Crippen LogP contribution in [0.1, 0.15) is 31.7 Å². The third-order valence-corrected chi connectivity index (χ3v) is 6.65. The second-order valence-electron chi connectivity index (χ2n) is 8.93. The highest BCUT2D eigenvalue weighted by Crippen LogP contribution is 2.42. The molecule has 1 heterocycles. The Morgan fingerprint density at radius 1 is 1.17 bits per heavy atom. The number of halogens is 1. The molecule has 2 aromatic rings. The quantitative estimate of drug-likeness (QED) is 0.812. The number of amides is 2. The number of hydrogen-bond donors (Lipinski definition) is 1. The first-order chi connectivity index (χ1) is 14.4. The minimum atomic E-state index is -0.638. The minimum absolute atomic E-state index is 0.0139. The topological polar surface area (TPSA) is 49.4 Å². The Hall–Kier alpha value is -2.69. The highest BCUT2D eigenvalue weighted by molar-refractivity contribution is 5.86. The van der Waals surface area contributed by atoms with Crippen molar-refractivity contribution in [2.24, 2.45) is 17.3 Å². The van der Waals surface area contributed by atoms with Crippen LogP contribution in [-0.4, -0.2) is 36.9 Å². The van der Waals surface area contributed by atoms with Gasteiger partial charge in [0.25, 0.3) is 0 Å². The normalized spacial score (nSPS) is 25.6. The molecular formula is C25H29FN2O2. The lowest BCUT2D eigenvalue weighted by Crippen LogP contribution is -2.54. The molecule has 158 valence electrons. The van der Waals surface area contributed by atoms with Gasteiger partial charge in [0.1, 0.15) is 5.82 Å². The van der Waals surface area contributed by atoms with Crippen molar-refractivity contribution in [3.8, 4) is 11.1 Å². The van der Waals surface area contributed by atoms with E-state index in [1.54, 1.807) is 13.1 Å². The van der Waals surface area contributed by atoms with Crippen LogP contribution in [-0.2, 0) is 16.0 Å². The molecule has 1 aliphatic carbocycles. The molecule has 3 atom stereocenters. The van der Waals surface area contributed by atoms with Gasteiger partial charge < -0.3 is 10.2 Å². The van der Waals surface area contributed by atoms with Gasteiger partial charge in [-0.15, -0.1) is 0 Å². The van der Waals surface area contributed by atoms with E-state index in [1.807, 2.05) is 35.2 Å². The predicted molar refractivity (Wildman–Crippen MR) is 115 cm³/mol. The van der Waals surface area contributed by atoms with Crippen LogP contribution in [0.2, 0.25) is 0 Å². The van der Waals surface area contributed by atoms with Crippen LogP contribution in [0.4, 0.5) is 4.39 Å². The Bertz CT molecular complexity index is 960. The maximum Gasteiger partial charge on any atom is 0.228 e. The van der Waals surface area contributed by atoms with E-state index >= 15 is 0 Å². The molecule has 0 bridgehead atoms. The molecule has 0 aromatic heterocycles. The average molecular weight is 409 g/mol. The molecule has 1 aliphatic heterocycles. The molecule has 2 aliphatic rings. The predicted octanol–water partition coefficient (Wildman–Crippen LogP) is 4.05. The zero-order valence-corrected chi connectivity index (χ0v) is 17.7. The third kappa shape index (κ3) is 4.11. The number of likely N-dealkylation sites (tertiary alicyclic amines) is 1. The number of carbonyl (C=O) groups excluding carboxylic acids is 2. The summed E-state index contributed by atoms with van der Waals surface area (Å²) in [6.07, 6.45) is 3.09. The Labute approximate surface area is 177 Å². The maximum atomic E-state index is 13.7. The van der Waals surface area contributed by atoms with Crippen LogP contribution in [0.25, 0.3) is 11.1 Å². The standard InChI is InChI=1S/C25H29FN2O2/c1-17-12-22(17)23(29)28-11-5-10-25(16-28,24(30)27-2)15-18-6-3-7-19(13-18)20-8-4-9-21(26)14-20/h3-4,6-9,13-14,17,22H,5,10-12,15-16H2,1-2H3,(H,27,30)/t17-,22+,25+/m1/s1. The van der Waals surface area contributed by atoms with Gasteiger partial charge in [0.15, 0.2) is 0 Å². The molecule has 1 N–H and O–H groups in total. The van der Waals surface area contributed by atoms with Crippen molar-refractivity contribution in [3.63, 3.8) is 0 Å². The Morgan fingerprint density at radius 3 is 2.53 bits per heavy atom. The summed E-state index contributed by atoms with van der Waals surface area (Å²) < 4.78 is 13.7. The Morgan fingerprint density at radius 2 is 1.87 bits per heavy atom. The SMILES string of the molecule is CNC(=O)[C@]1(Cc2cccc(-c3cccc(F)c3)c2)CCCN(C(=O)[C@H]2C[C@H]2C)C1. The first kappa shape index (κ1) is 20.6. The van der Waals surface area contributed by atoms with E-state index in [-0.39, 0.29) is 23.5 Å². The molecule has 5 heteroatoms. The van der Waals surface area contributed by atoms with Crippen LogP contribution < -0.4 is 5.32 Å². The highest BCUT2D eigenvalue weighted by Gasteiger charge is 2.47. The zero-order valence-electron chi connectivity index (χ0n) is 17.7. The summed E-state index contributed by atoms with van der Waals surface area (Å²) in [4.78, 5) is 27.8. The van der Waals surface area contributed by atoms with Gasteiger partial charge in [-0.1, -0.05) is 43.3 Å². The lowest BCUT2D eigenvalue weighted by molar-refractivity contribution is -0.142. The first-order valence-electron chi connectivity index (χ1n) is 10.8. The molecule has 2 fully saturated rings. The van der Waals surface area contributed by atoms with Gasteiger partial charge in [0, 0.05) is 26.1 Å². The van der Waals surface area contributed by atoms with Gasteiger partial charge in [-0.25, -0.2) is 4.39 Å². The fourth-order valence-corrected chi connectivity index (χ4v) is 4.82. The van der Waals surface area contributed by atoms with Crippen molar-refractivity contribution < 1.29 is 14.0 Å². The van der Waals surface area contributed by atoms with Crippen molar-refractivity contribution in [2.75, 3.05) is 20.1 Å². The molecular weight excluding hydrogens is 379 g/mol. The zero-order chi connectivity index (χ0) is 21.3. The lowest BCUT2D eigenvalue weighted by atomic mass is 9.74. The fourth-order valence-electron chi connectivity index (χ4n) is 4.82. The fraction of sp³-hybridized carbons (Fsp3) is 0.440. The van der Waals surface area contributed by atoms with E-state index in [4.69, 9.17) is 0 Å². The van der Waals surface area contributed by atoms with Crippen LogP contribution >= 0.6 is 0 Å². The van der Waals surface area contributed by atoms with E-state index in [9.17, 15) is 14.0 Å². The number of piperidine rings is 1. The number of hydrogen-bond acceptors (Lipinski definition) is 2. The Kier molecular flexibility index (Phi) is 5.63. The van der Waals surface area contributed by atoms with Crippen molar-refractivity contribution in [3.05, 3.63) is 59.9 Å². The van der Waals surface area contributed by atoms with Crippen molar-refractivity contribution >= 4 is 11.8 Å². The first-order valence-corrected chi connectivity index (χ1v) is 10.8. The summed E-state index contributed by atoms with van der Waals surface area (Å²) in [6.45, 7) is 3.29. The van der Waals surface area contributed by atoms with Crippen LogP contribution in [0, 0.1) is 23.1 Å². The number of benzene rings is 2. The van der Waals surface area contributed by atoms with Crippen LogP contribution in [0.3, 0.4) is 0 Å². The molecule has 4 nitrogen and oxygen atoms in total. The molecule has 0 radical (unpaired) electrons. The van der Waals surface area contributed by atoms with Crippen molar-refractivity contribution in [2.45, 2.75) is 32.6 Å². The van der Waals surface area contributed by atoms with Crippen molar-refractivity contribution in [1.29, 1.82) is 0 Å². The molecule has 0 unspecified atom stereocenters. The summed E-state index contributed by atoms with van der Waals surface area (Å²) in [6, 6.07) is 14.5. The van der Waals surface area contributed by atoms with Gasteiger partial charge in [0.2, 0.25) is 11.8 Å². The Balaban J connectivity index is 1.60. The van der Waals surface area contributed by atoms with Crippen LogP contribution in [0.15, 0.2) is 48.5 Å². The molecule has 4 rings (SSSR count). The summed E-state index contributed by atoms with van der Waals surface area (Å²) >= 11 is 0. The van der Waals surface area contributed by atoms with Gasteiger partial charge in [0.05, 0.1) is 5.41 Å². The van der Waals surface area contributed by atoms with Crippen molar-refractivity contribution in [1.82, 2.24) is 10.2 Å². The van der Waals surface area contributed by atoms with Gasteiger partial charge in [-0.2, -0.15) is 0 Å². The van der Waals surface area contributed by atoms with E-state index < -0.39 is 5.41 Å². The molecule has 30 heavy (non-hydrogen) atoms. The summed E-state index contributed by atoms with van der Waals surface area (Å²) in [7, 11) is 1.66. The highest BCUT2D eigenvalue weighted by atomic mass is 19.1. The second-order valence-corrected chi connectivity index (χ2v) is 8.93. The molecule has 2 amide bonds.